The lowest BCUT2D eigenvalue weighted by molar-refractivity contribution is 0.0594. The Balaban J connectivity index is 1.30. The van der Waals surface area contributed by atoms with E-state index in [1.807, 2.05) is 10.7 Å². The van der Waals surface area contributed by atoms with Crippen LogP contribution in [-0.4, -0.2) is 21.2 Å². The maximum atomic E-state index is 13.4. The van der Waals surface area contributed by atoms with E-state index >= 15 is 0 Å². The first-order valence-electron chi connectivity index (χ1n) is 10.9. The van der Waals surface area contributed by atoms with Crippen molar-refractivity contribution >= 4 is 11.7 Å². The first-order valence-corrected chi connectivity index (χ1v) is 10.9. The second-order valence-corrected chi connectivity index (χ2v) is 10.1. The predicted octanol–water partition coefficient (Wildman–Crippen LogP) is 4.40. The quantitative estimate of drug-likeness (QED) is 0.766. The molecule has 1 amide bonds. The summed E-state index contributed by atoms with van der Waals surface area (Å²) in [6.45, 7) is 4.39. The number of hydrogen-bond acceptors (Lipinski definition) is 3. The molecule has 1 aromatic heterocycles. The summed E-state index contributed by atoms with van der Waals surface area (Å²) in [7, 11) is 0. The van der Waals surface area contributed by atoms with Gasteiger partial charge in [-0.3, -0.25) is 4.79 Å². The van der Waals surface area contributed by atoms with Crippen LogP contribution in [0.4, 0.5) is 5.82 Å². The Hall–Kier alpha value is -2.56. The number of nitrogens with zero attached hydrogens (tertiary/aromatic N) is 2. The van der Waals surface area contributed by atoms with E-state index in [9.17, 15) is 4.79 Å². The fourth-order valence-corrected chi connectivity index (χ4v) is 6.29. The number of benzene rings is 1. The average molecular weight is 389 g/mol. The van der Waals surface area contributed by atoms with Crippen molar-refractivity contribution in [3.05, 3.63) is 59.3 Å². The Kier molecular flexibility index (Phi) is 3.43. The van der Waals surface area contributed by atoms with Crippen LogP contribution in [0.5, 0.6) is 0 Å². The summed E-state index contributed by atoms with van der Waals surface area (Å²) < 4.78 is 2.00. The first kappa shape index (κ1) is 17.3. The highest BCUT2D eigenvalue weighted by molar-refractivity contribution is 5.99. The van der Waals surface area contributed by atoms with Crippen LogP contribution in [0.25, 0.3) is 0 Å². The van der Waals surface area contributed by atoms with Crippen LogP contribution in [0.3, 0.4) is 0 Å². The first-order chi connectivity index (χ1) is 13.9. The van der Waals surface area contributed by atoms with Crippen molar-refractivity contribution in [1.29, 1.82) is 0 Å². The summed E-state index contributed by atoms with van der Waals surface area (Å²) in [5.41, 5.74) is 3.37. The highest BCUT2D eigenvalue weighted by Crippen LogP contribution is 2.58. The summed E-state index contributed by atoms with van der Waals surface area (Å²) in [4.78, 5) is 13.4. The number of fused-ring (bicyclic) bond motifs is 2. The molecule has 0 radical (unpaired) electrons. The van der Waals surface area contributed by atoms with Crippen molar-refractivity contribution in [1.82, 2.24) is 15.1 Å². The van der Waals surface area contributed by atoms with Gasteiger partial charge in [0.2, 0.25) is 0 Å². The molecule has 4 bridgehead atoms. The van der Waals surface area contributed by atoms with Crippen LogP contribution >= 0.6 is 0 Å². The number of carbonyl (C=O) groups excluding carboxylic acids is 1. The normalized spacial score (nSPS) is 33.2. The molecule has 2 N–H and O–H groups in total. The summed E-state index contributed by atoms with van der Waals surface area (Å²) in [5.74, 6) is 2.28. The second kappa shape index (κ2) is 5.74. The van der Waals surface area contributed by atoms with Crippen molar-refractivity contribution in [2.24, 2.45) is 11.8 Å². The molecule has 29 heavy (non-hydrogen) atoms. The van der Waals surface area contributed by atoms with Gasteiger partial charge in [-0.15, -0.1) is 0 Å². The molecule has 3 unspecified atom stereocenters. The van der Waals surface area contributed by atoms with E-state index in [1.165, 1.54) is 12.0 Å². The van der Waals surface area contributed by atoms with E-state index < -0.39 is 0 Å². The van der Waals surface area contributed by atoms with Gasteiger partial charge in [-0.25, -0.2) is 4.68 Å². The molecule has 1 aromatic carbocycles. The monoisotopic (exact) mass is 388 g/mol. The van der Waals surface area contributed by atoms with Gasteiger partial charge in [0, 0.05) is 5.54 Å². The van der Waals surface area contributed by atoms with Crippen LogP contribution in [0.2, 0.25) is 0 Å². The molecule has 0 spiro atoms. The lowest BCUT2D eigenvalue weighted by Crippen LogP contribution is -2.60. The van der Waals surface area contributed by atoms with Crippen LogP contribution in [-0.2, 0) is 5.54 Å². The maximum absolute atomic E-state index is 13.4. The van der Waals surface area contributed by atoms with E-state index in [0.29, 0.717) is 17.4 Å². The van der Waals surface area contributed by atoms with Crippen molar-refractivity contribution in [3.8, 4) is 0 Å². The van der Waals surface area contributed by atoms with E-state index in [1.54, 1.807) is 11.8 Å². The van der Waals surface area contributed by atoms with Crippen LogP contribution in [0.1, 0.15) is 67.9 Å². The summed E-state index contributed by atoms with van der Waals surface area (Å²) in [6.07, 6.45) is 9.58. The lowest BCUT2D eigenvalue weighted by atomic mass is 9.51. The minimum Gasteiger partial charge on any atom is -0.363 e. The standard InChI is InChI=1S/C24H28N4O/c1-23(2)13-20(15-6-4-3-5-7-15)26-21-19(14-25-28(21)23)22(29)27-24-9-8-18-16(11-24)10-17(18)12-24/h3-8,14,16-17,20,26H,9-13H2,1-2H3,(H,27,29). The topological polar surface area (TPSA) is 59.0 Å². The molecule has 6 aliphatic rings. The van der Waals surface area contributed by atoms with Crippen LogP contribution < -0.4 is 10.6 Å². The van der Waals surface area contributed by atoms with Gasteiger partial charge in [0.1, 0.15) is 11.4 Å². The van der Waals surface area contributed by atoms with Gasteiger partial charge in [0.25, 0.3) is 5.91 Å². The zero-order valence-electron chi connectivity index (χ0n) is 17.1. The largest absolute Gasteiger partial charge is 0.363 e. The number of rotatable bonds is 3. The fourth-order valence-electron chi connectivity index (χ4n) is 6.29. The van der Waals surface area contributed by atoms with Gasteiger partial charge in [-0.2, -0.15) is 5.10 Å². The molecule has 5 heteroatoms. The Morgan fingerprint density at radius 3 is 2.66 bits per heavy atom. The van der Waals surface area contributed by atoms with E-state index in [0.717, 1.165) is 31.5 Å². The predicted molar refractivity (Wildman–Crippen MR) is 113 cm³/mol. The molecule has 5 nitrogen and oxygen atoms in total. The second-order valence-electron chi connectivity index (χ2n) is 10.1. The smallest absolute Gasteiger partial charge is 0.257 e. The summed E-state index contributed by atoms with van der Waals surface area (Å²) in [6, 6.07) is 10.7. The van der Waals surface area contributed by atoms with Gasteiger partial charge in [0.05, 0.1) is 17.8 Å². The minimum atomic E-state index is -0.160. The lowest BCUT2D eigenvalue weighted by Gasteiger charge is -2.58. The summed E-state index contributed by atoms with van der Waals surface area (Å²) >= 11 is 0. The molecule has 5 aliphatic carbocycles. The van der Waals surface area contributed by atoms with Gasteiger partial charge >= 0.3 is 0 Å². The third kappa shape index (κ3) is 2.52. The van der Waals surface area contributed by atoms with Crippen molar-refractivity contribution < 1.29 is 4.79 Å². The van der Waals surface area contributed by atoms with Gasteiger partial charge in [-0.1, -0.05) is 42.0 Å². The zero-order chi connectivity index (χ0) is 19.8. The number of aromatic nitrogens is 2. The number of amides is 1. The van der Waals surface area contributed by atoms with E-state index in [-0.39, 0.29) is 23.0 Å². The molecule has 3 atom stereocenters. The molecule has 3 saturated carbocycles. The Labute approximate surface area is 171 Å². The third-order valence-corrected chi connectivity index (χ3v) is 7.70. The Bertz CT molecular complexity index is 1000. The number of hydrogen-bond donors (Lipinski definition) is 2. The number of allylic oxidation sites excluding steroid dienone is 1. The molecule has 2 heterocycles. The van der Waals surface area contributed by atoms with Gasteiger partial charge in [-0.05, 0) is 63.4 Å². The molecule has 3 fully saturated rings. The van der Waals surface area contributed by atoms with E-state index in [4.69, 9.17) is 0 Å². The maximum Gasteiger partial charge on any atom is 0.257 e. The highest BCUT2D eigenvalue weighted by atomic mass is 16.1. The van der Waals surface area contributed by atoms with Crippen molar-refractivity contribution in [2.75, 3.05) is 5.32 Å². The molecule has 8 rings (SSSR count). The van der Waals surface area contributed by atoms with Crippen LogP contribution in [0, 0.1) is 11.8 Å². The molecular weight excluding hydrogens is 360 g/mol. The number of anilines is 1. The summed E-state index contributed by atoms with van der Waals surface area (Å²) in [5, 5.41) is 11.7. The highest BCUT2D eigenvalue weighted by Gasteiger charge is 2.53. The zero-order valence-corrected chi connectivity index (χ0v) is 17.1. The number of nitrogens with one attached hydrogen (secondary N) is 2. The Morgan fingerprint density at radius 1 is 1.17 bits per heavy atom. The molecular formula is C24H28N4O. The average Bonchev–Trinajstić information content (AvgIpc) is 3.13. The third-order valence-electron chi connectivity index (χ3n) is 7.70. The molecule has 1 aliphatic heterocycles. The SMILES string of the molecule is CC1(C)CC(c2ccccc2)Nc2c(C(=O)NC34CC=C5C(CC5C3)C4)cnn21. The molecule has 2 aromatic rings. The molecule has 0 saturated heterocycles. The molecule has 150 valence electrons. The van der Waals surface area contributed by atoms with E-state index in [2.05, 4.69) is 59.9 Å². The van der Waals surface area contributed by atoms with Gasteiger partial charge < -0.3 is 10.6 Å². The fraction of sp³-hybridized carbons (Fsp3) is 0.500. The van der Waals surface area contributed by atoms with Gasteiger partial charge in [0.15, 0.2) is 0 Å². The van der Waals surface area contributed by atoms with Crippen LogP contribution in [0.15, 0.2) is 48.2 Å². The van der Waals surface area contributed by atoms with Crippen molar-refractivity contribution in [2.45, 2.75) is 63.1 Å². The number of carbonyl (C=O) groups is 1. The minimum absolute atomic E-state index is 0.0152. The Morgan fingerprint density at radius 2 is 1.93 bits per heavy atom. The van der Waals surface area contributed by atoms with Crippen molar-refractivity contribution in [3.63, 3.8) is 0 Å².